The van der Waals surface area contributed by atoms with E-state index in [1.807, 2.05) is 6.92 Å². The Morgan fingerprint density at radius 3 is 2.70 bits per heavy atom. The molecule has 0 amide bonds. The van der Waals surface area contributed by atoms with Gasteiger partial charge in [-0.2, -0.15) is 0 Å². The van der Waals surface area contributed by atoms with E-state index in [9.17, 15) is 0 Å². The van der Waals surface area contributed by atoms with Crippen LogP contribution in [0.4, 0.5) is 5.69 Å². The van der Waals surface area contributed by atoms with Crippen molar-refractivity contribution in [2.45, 2.75) is 57.5 Å². The molecule has 1 heterocycles. The van der Waals surface area contributed by atoms with Crippen molar-refractivity contribution in [3.05, 3.63) is 28.2 Å². The molecule has 1 aromatic carbocycles. The van der Waals surface area contributed by atoms with E-state index in [1.165, 1.54) is 56.3 Å². The van der Waals surface area contributed by atoms with Crippen LogP contribution in [0.15, 0.2) is 22.7 Å². The molecule has 2 aliphatic rings. The summed E-state index contributed by atoms with van der Waals surface area (Å²) in [6, 6.07) is 7.58. The van der Waals surface area contributed by atoms with E-state index in [-0.39, 0.29) is 6.04 Å². The van der Waals surface area contributed by atoms with E-state index in [0.29, 0.717) is 0 Å². The van der Waals surface area contributed by atoms with Crippen LogP contribution in [0.2, 0.25) is 0 Å². The minimum Gasteiger partial charge on any atom is -0.368 e. The predicted molar refractivity (Wildman–Crippen MR) is 89.1 cm³/mol. The first-order valence-corrected chi connectivity index (χ1v) is 8.78. The Bertz CT molecular complexity index is 470. The molecule has 3 atom stereocenters. The van der Waals surface area contributed by atoms with Gasteiger partial charge in [0.25, 0.3) is 0 Å². The Morgan fingerprint density at radius 2 is 1.95 bits per heavy atom. The second kappa shape index (κ2) is 6.07. The zero-order valence-electron chi connectivity index (χ0n) is 12.3. The number of piperidine rings is 1. The van der Waals surface area contributed by atoms with Gasteiger partial charge in [0.1, 0.15) is 0 Å². The van der Waals surface area contributed by atoms with Gasteiger partial charge in [0.2, 0.25) is 0 Å². The van der Waals surface area contributed by atoms with E-state index in [1.54, 1.807) is 0 Å². The van der Waals surface area contributed by atoms with Crippen molar-refractivity contribution in [3.63, 3.8) is 0 Å². The Labute approximate surface area is 130 Å². The highest BCUT2D eigenvalue weighted by atomic mass is 79.9. The molecular weight excluding hydrogens is 312 g/mol. The third kappa shape index (κ3) is 2.75. The molecule has 0 aromatic heterocycles. The third-order valence-electron chi connectivity index (χ3n) is 5.05. The van der Waals surface area contributed by atoms with Crippen molar-refractivity contribution >= 4 is 21.6 Å². The standard InChI is InChI=1S/C17H25BrN2/c1-12(19)15-9-8-14(11-16(15)18)20-10-4-6-13-5-2-3-7-17(13)20/h8-9,11-13,17H,2-7,10,19H2,1H3/t12-,13-,17-/m1/s1. The van der Waals surface area contributed by atoms with Gasteiger partial charge in [-0.3, -0.25) is 0 Å². The summed E-state index contributed by atoms with van der Waals surface area (Å²) in [4.78, 5) is 2.66. The number of nitrogens with two attached hydrogens (primary N) is 1. The number of anilines is 1. The van der Waals surface area contributed by atoms with E-state index in [2.05, 4.69) is 39.0 Å². The first-order valence-electron chi connectivity index (χ1n) is 7.98. The fourth-order valence-electron chi connectivity index (χ4n) is 4.01. The number of rotatable bonds is 2. The van der Waals surface area contributed by atoms with Crippen LogP contribution in [0.5, 0.6) is 0 Å². The lowest BCUT2D eigenvalue weighted by Crippen LogP contribution is -2.46. The van der Waals surface area contributed by atoms with E-state index >= 15 is 0 Å². The van der Waals surface area contributed by atoms with Crippen molar-refractivity contribution in [1.29, 1.82) is 0 Å². The van der Waals surface area contributed by atoms with Gasteiger partial charge in [-0.15, -0.1) is 0 Å². The van der Waals surface area contributed by atoms with Crippen LogP contribution < -0.4 is 10.6 Å². The summed E-state index contributed by atoms with van der Waals surface area (Å²) < 4.78 is 1.16. The van der Waals surface area contributed by atoms with Crippen LogP contribution in [0.1, 0.15) is 57.1 Å². The number of benzene rings is 1. The first kappa shape index (κ1) is 14.4. The van der Waals surface area contributed by atoms with Gasteiger partial charge in [0.15, 0.2) is 0 Å². The molecule has 110 valence electrons. The minimum absolute atomic E-state index is 0.0854. The van der Waals surface area contributed by atoms with E-state index < -0.39 is 0 Å². The summed E-state index contributed by atoms with van der Waals surface area (Å²) in [6.07, 6.45) is 8.41. The topological polar surface area (TPSA) is 29.3 Å². The van der Waals surface area contributed by atoms with Crippen molar-refractivity contribution in [2.24, 2.45) is 11.7 Å². The lowest BCUT2D eigenvalue weighted by molar-refractivity contribution is 0.244. The Kier molecular flexibility index (Phi) is 4.37. The molecule has 1 saturated carbocycles. The number of hydrogen-bond acceptors (Lipinski definition) is 2. The summed E-state index contributed by atoms with van der Waals surface area (Å²) in [5, 5.41) is 0. The highest BCUT2D eigenvalue weighted by Gasteiger charge is 2.33. The molecule has 3 rings (SSSR count). The van der Waals surface area contributed by atoms with Crippen molar-refractivity contribution in [1.82, 2.24) is 0 Å². The molecule has 2 nitrogen and oxygen atoms in total. The maximum absolute atomic E-state index is 6.01. The molecule has 0 radical (unpaired) electrons. The third-order valence-corrected chi connectivity index (χ3v) is 5.74. The van der Waals surface area contributed by atoms with Crippen molar-refractivity contribution < 1.29 is 0 Å². The molecule has 2 fully saturated rings. The van der Waals surface area contributed by atoms with Crippen LogP contribution in [0.3, 0.4) is 0 Å². The molecule has 1 aliphatic heterocycles. The maximum Gasteiger partial charge on any atom is 0.0380 e. The molecular formula is C17H25BrN2. The molecule has 3 heteroatoms. The van der Waals surface area contributed by atoms with Crippen molar-refractivity contribution in [3.8, 4) is 0 Å². The molecule has 0 spiro atoms. The minimum atomic E-state index is 0.0854. The first-order chi connectivity index (χ1) is 9.66. The molecule has 0 bridgehead atoms. The molecule has 2 N–H and O–H groups in total. The molecule has 1 saturated heterocycles. The molecule has 20 heavy (non-hydrogen) atoms. The van der Waals surface area contributed by atoms with Gasteiger partial charge in [-0.05, 0) is 56.2 Å². The molecule has 0 unspecified atom stereocenters. The predicted octanol–water partition coefficient (Wildman–Crippen LogP) is 4.63. The zero-order valence-corrected chi connectivity index (χ0v) is 13.9. The SMILES string of the molecule is C[C@@H](N)c1ccc(N2CCC[C@H]3CCCC[C@H]32)cc1Br. The van der Waals surface area contributed by atoms with E-state index in [4.69, 9.17) is 5.73 Å². The molecule has 1 aromatic rings. The van der Waals surface area contributed by atoms with Gasteiger partial charge in [0.05, 0.1) is 0 Å². The summed E-state index contributed by atoms with van der Waals surface area (Å²) in [5.74, 6) is 0.921. The van der Waals surface area contributed by atoms with Gasteiger partial charge in [-0.25, -0.2) is 0 Å². The van der Waals surface area contributed by atoms with Crippen LogP contribution in [0, 0.1) is 5.92 Å². The number of nitrogens with zero attached hydrogens (tertiary/aromatic N) is 1. The summed E-state index contributed by atoms with van der Waals surface area (Å²) in [7, 11) is 0. The summed E-state index contributed by atoms with van der Waals surface area (Å²) in [5.41, 5.74) is 8.58. The van der Waals surface area contributed by atoms with Crippen LogP contribution in [-0.2, 0) is 0 Å². The normalized spacial score (nSPS) is 28.1. The van der Waals surface area contributed by atoms with Crippen LogP contribution in [-0.4, -0.2) is 12.6 Å². The second-order valence-electron chi connectivity index (χ2n) is 6.44. The van der Waals surface area contributed by atoms with Gasteiger partial charge in [0, 0.05) is 28.8 Å². The molecule has 1 aliphatic carbocycles. The fourth-order valence-corrected chi connectivity index (χ4v) is 4.74. The lowest BCUT2D eigenvalue weighted by Gasteiger charge is -2.45. The van der Waals surface area contributed by atoms with Crippen molar-refractivity contribution in [2.75, 3.05) is 11.4 Å². The van der Waals surface area contributed by atoms with E-state index in [0.717, 1.165) is 16.4 Å². The Morgan fingerprint density at radius 1 is 1.20 bits per heavy atom. The smallest absolute Gasteiger partial charge is 0.0380 e. The average molecular weight is 337 g/mol. The monoisotopic (exact) mass is 336 g/mol. The summed E-state index contributed by atoms with van der Waals surface area (Å²) in [6.45, 7) is 3.25. The number of fused-ring (bicyclic) bond motifs is 1. The Balaban J connectivity index is 1.85. The largest absolute Gasteiger partial charge is 0.368 e. The van der Waals surface area contributed by atoms with Gasteiger partial charge >= 0.3 is 0 Å². The summed E-state index contributed by atoms with van der Waals surface area (Å²) >= 11 is 3.70. The number of halogens is 1. The second-order valence-corrected chi connectivity index (χ2v) is 7.30. The quantitative estimate of drug-likeness (QED) is 0.853. The highest BCUT2D eigenvalue weighted by molar-refractivity contribution is 9.10. The zero-order chi connectivity index (χ0) is 14.1. The number of hydrogen-bond donors (Lipinski definition) is 1. The Hall–Kier alpha value is -0.540. The van der Waals surface area contributed by atoms with Crippen LogP contribution in [0.25, 0.3) is 0 Å². The van der Waals surface area contributed by atoms with Gasteiger partial charge < -0.3 is 10.6 Å². The van der Waals surface area contributed by atoms with Crippen LogP contribution >= 0.6 is 15.9 Å². The average Bonchev–Trinajstić information content (AvgIpc) is 2.46. The maximum atomic E-state index is 6.01. The lowest BCUT2D eigenvalue weighted by atomic mass is 9.78. The fraction of sp³-hybridized carbons (Fsp3) is 0.647. The van der Waals surface area contributed by atoms with Gasteiger partial charge in [-0.1, -0.05) is 34.8 Å². The highest BCUT2D eigenvalue weighted by Crippen LogP contribution is 2.39.